The van der Waals surface area contributed by atoms with Crippen LogP contribution in [0.4, 0.5) is 0 Å². The fraction of sp³-hybridized carbons (Fsp3) is 0.346. The molecule has 0 spiro atoms. The Hall–Kier alpha value is -3.61. The Kier molecular flexibility index (Phi) is 7.74. The lowest BCUT2D eigenvalue weighted by atomic mass is 10.1. The largest absolute Gasteiger partial charge is 0.490 e. The molecule has 1 aliphatic carbocycles. The summed E-state index contributed by atoms with van der Waals surface area (Å²) in [6, 6.07) is 12.8. The highest BCUT2D eigenvalue weighted by Crippen LogP contribution is 2.29. The topological polar surface area (TPSA) is 82.6 Å². The van der Waals surface area contributed by atoms with Gasteiger partial charge in [0.1, 0.15) is 12.7 Å². The molecule has 1 amide bonds. The molecule has 0 saturated heterocycles. The molecule has 0 bridgehead atoms. The number of carbonyl (C=O) groups is 1. The number of nitrogens with one attached hydrogen (secondary N) is 1. The van der Waals surface area contributed by atoms with Gasteiger partial charge in [-0.05, 0) is 62.9 Å². The number of nitrogens with zero attached hydrogens (tertiary/aromatic N) is 2. The summed E-state index contributed by atoms with van der Waals surface area (Å²) in [6.07, 6.45) is 9.89. The number of ether oxygens (including phenoxy) is 3. The van der Waals surface area contributed by atoms with Gasteiger partial charge in [-0.1, -0.05) is 12.1 Å². The first kappa shape index (κ1) is 22.6. The van der Waals surface area contributed by atoms with Crippen LogP contribution in [0, 0.1) is 0 Å². The fourth-order valence-electron chi connectivity index (χ4n) is 3.79. The van der Waals surface area contributed by atoms with Crippen LogP contribution in [0.1, 0.15) is 54.1 Å². The molecule has 0 atom stereocenters. The van der Waals surface area contributed by atoms with E-state index in [9.17, 15) is 4.79 Å². The predicted molar refractivity (Wildman–Crippen MR) is 124 cm³/mol. The van der Waals surface area contributed by atoms with E-state index in [1.165, 1.54) is 12.8 Å². The molecular formula is C26H29N3O4. The van der Waals surface area contributed by atoms with Crippen LogP contribution in [0.2, 0.25) is 0 Å². The Morgan fingerprint density at radius 3 is 2.70 bits per heavy atom. The van der Waals surface area contributed by atoms with Crippen molar-refractivity contribution in [3.05, 3.63) is 77.7 Å². The number of carbonyl (C=O) groups excluding carboxylic acids is 1. The van der Waals surface area contributed by atoms with E-state index in [0.29, 0.717) is 42.7 Å². The van der Waals surface area contributed by atoms with Gasteiger partial charge in [0.15, 0.2) is 11.5 Å². The summed E-state index contributed by atoms with van der Waals surface area (Å²) in [7, 11) is 0. The lowest BCUT2D eigenvalue weighted by Crippen LogP contribution is -2.24. The van der Waals surface area contributed by atoms with Gasteiger partial charge in [0, 0.05) is 41.8 Å². The van der Waals surface area contributed by atoms with Crippen molar-refractivity contribution in [3.8, 4) is 17.4 Å². The predicted octanol–water partition coefficient (Wildman–Crippen LogP) is 4.71. The van der Waals surface area contributed by atoms with Gasteiger partial charge in [0.25, 0.3) is 5.91 Å². The van der Waals surface area contributed by atoms with Crippen LogP contribution in [0.15, 0.2) is 61.1 Å². The second-order valence-corrected chi connectivity index (χ2v) is 7.92. The maximum absolute atomic E-state index is 12.8. The number of hydrogen-bond donors (Lipinski definition) is 1. The maximum Gasteiger partial charge on any atom is 0.251 e. The van der Waals surface area contributed by atoms with E-state index in [-0.39, 0.29) is 12.0 Å². The number of rotatable bonds is 10. The van der Waals surface area contributed by atoms with Crippen molar-refractivity contribution in [1.82, 2.24) is 15.3 Å². The van der Waals surface area contributed by atoms with Gasteiger partial charge in [-0.3, -0.25) is 9.78 Å². The Balaban J connectivity index is 1.40. The van der Waals surface area contributed by atoms with E-state index in [2.05, 4.69) is 15.3 Å². The Labute approximate surface area is 194 Å². The maximum atomic E-state index is 12.8. The van der Waals surface area contributed by atoms with Gasteiger partial charge >= 0.3 is 0 Å². The lowest BCUT2D eigenvalue weighted by Gasteiger charge is -2.16. The van der Waals surface area contributed by atoms with Crippen LogP contribution in [0.25, 0.3) is 0 Å². The van der Waals surface area contributed by atoms with E-state index < -0.39 is 0 Å². The average molecular weight is 448 g/mol. The summed E-state index contributed by atoms with van der Waals surface area (Å²) in [6.45, 7) is 3.06. The molecule has 172 valence electrons. The van der Waals surface area contributed by atoms with Gasteiger partial charge in [0.2, 0.25) is 5.88 Å². The first-order valence-electron chi connectivity index (χ1n) is 11.4. The van der Waals surface area contributed by atoms with Gasteiger partial charge in [-0.2, -0.15) is 0 Å². The van der Waals surface area contributed by atoms with E-state index >= 15 is 0 Å². The molecule has 33 heavy (non-hydrogen) atoms. The molecule has 7 heteroatoms. The number of aromatic nitrogens is 2. The van der Waals surface area contributed by atoms with E-state index in [1.54, 1.807) is 36.8 Å². The summed E-state index contributed by atoms with van der Waals surface area (Å²) >= 11 is 0. The number of hydrogen-bond acceptors (Lipinski definition) is 6. The molecule has 3 aromatic rings. The van der Waals surface area contributed by atoms with Gasteiger partial charge in [-0.25, -0.2) is 4.98 Å². The molecule has 1 aromatic carbocycles. The van der Waals surface area contributed by atoms with E-state index in [4.69, 9.17) is 14.2 Å². The molecule has 1 N–H and O–H groups in total. The molecule has 1 aliphatic rings. The van der Waals surface area contributed by atoms with Crippen molar-refractivity contribution < 1.29 is 19.0 Å². The highest BCUT2D eigenvalue weighted by Gasteiger charge is 2.19. The zero-order valence-corrected chi connectivity index (χ0v) is 18.8. The average Bonchev–Trinajstić information content (AvgIpc) is 3.36. The summed E-state index contributed by atoms with van der Waals surface area (Å²) < 4.78 is 17.7. The van der Waals surface area contributed by atoms with Crippen LogP contribution in [-0.2, 0) is 13.2 Å². The molecule has 4 rings (SSSR count). The molecule has 2 aromatic heterocycles. The Morgan fingerprint density at radius 2 is 1.91 bits per heavy atom. The Bertz CT molecular complexity index is 1050. The number of benzene rings is 1. The summed E-state index contributed by atoms with van der Waals surface area (Å²) in [4.78, 5) is 21.3. The zero-order valence-electron chi connectivity index (χ0n) is 18.8. The third-order valence-electron chi connectivity index (χ3n) is 5.49. The van der Waals surface area contributed by atoms with E-state index in [1.807, 2.05) is 31.2 Å². The zero-order chi connectivity index (χ0) is 22.9. The molecule has 0 radical (unpaired) electrons. The minimum Gasteiger partial charge on any atom is -0.490 e. The molecule has 1 saturated carbocycles. The second kappa shape index (κ2) is 11.3. The molecule has 0 unspecified atom stereocenters. The molecule has 2 heterocycles. The Morgan fingerprint density at radius 1 is 1.06 bits per heavy atom. The molecular weight excluding hydrogens is 418 g/mol. The minimum atomic E-state index is -0.203. The standard InChI is InChI=1S/C26H29N3O4/c1-2-31-24-15-20(11-12-23(24)32-18-19-7-5-13-27-16-19)25(30)29-17-21-8-6-14-28-26(21)33-22-9-3-4-10-22/h5-8,11-16,22H,2-4,9-10,17-18H2,1H3,(H,29,30). The van der Waals surface area contributed by atoms with Crippen molar-refractivity contribution in [3.63, 3.8) is 0 Å². The number of amides is 1. The first-order valence-corrected chi connectivity index (χ1v) is 11.4. The summed E-state index contributed by atoms with van der Waals surface area (Å²) in [5.41, 5.74) is 2.31. The highest BCUT2D eigenvalue weighted by molar-refractivity contribution is 5.94. The van der Waals surface area contributed by atoms with Gasteiger partial charge in [0.05, 0.1) is 6.61 Å². The smallest absolute Gasteiger partial charge is 0.251 e. The third-order valence-corrected chi connectivity index (χ3v) is 5.49. The fourth-order valence-corrected chi connectivity index (χ4v) is 3.79. The molecule has 7 nitrogen and oxygen atoms in total. The van der Waals surface area contributed by atoms with Gasteiger partial charge < -0.3 is 19.5 Å². The van der Waals surface area contributed by atoms with Crippen LogP contribution in [-0.4, -0.2) is 28.6 Å². The molecule has 1 fully saturated rings. The van der Waals surface area contributed by atoms with Crippen LogP contribution in [0.3, 0.4) is 0 Å². The van der Waals surface area contributed by atoms with E-state index in [0.717, 1.165) is 24.0 Å². The van der Waals surface area contributed by atoms with Crippen LogP contribution < -0.4 is 19.5 Å². The van der Waals surface area contributed by atoms with Crippen molar-refractivity contribution >= 4 is 5.91 Å². The molecule has 0 aliphatic heterocycles. The summed E-state index contributed by atoms with van der Waals surface area (Å²) in [5.74, 6) is 1.50. The number of pyridine rings is 2. The minimum absolute atomic E-state index is 0.203. The third kappa shape index (κ3) is 6.22. The lowest BCUT2D eigenvalue weighted by molar-refractivity contribution is 0.0949. The van der Waals surface area contributed by atoms with Crippen molar-refractivity contribution in [2.75, 3.05) is 6.61 Å². The van der Waals surface area contributed by atoms with Crippen LogP contribution >= 0.6 is 0 Å². The van der Waals surface area contributed by atoms with Crippen molar-refractivity contribution in [1.29, 1.82) is 0 Å². The quantitative estimate of drug-likeness (QED) is 0.485. The SMILES string of the molecule is CCOc1cc(C(=O)NCc2cccnc2OC2CCCC2)ccc1OCc1cccnc1. The van der Waals surface area contributed by atoms with Crippen molar-refractivity contribution in [2.45, 2.75) is 51.9 Å². The monoisotopic (exact) mass is 447 g/mol. The second-order valence-electron chi connectivity index (χ2n) is 7.92. The van der Waals surface area contributed by atoms with Crippen LogP contribution in [0.5, 0.6) is 17.4 Å². The summed E-state index contributed by atoms with van der Waals surface area (Å²) in [5, 5.41) is 2.96. The normalized spacial score (nSPS) is 13.5. The van der Waals surface area contributed by atoms with Gasteiger partial charge in [-0.15, -0.1) is 0 Å². The highest BCUT2D eigenvalue weighted by atomic mass is 16.5. The van der Waals surface area contributed by atoms with Crippen molar-refractivity contribution in [2.24, 2.45) is 0 Å². The first-order chi connectivity index (χ1) is 16.2.